The highest BCUT2D eigenvalue weighted by molar-refractivity contribution is 6.07. The van der Waals surface area contributed by atoms with E-state index in [-0.39, 0.29) is 11.9 Å². The molecule has 168 valence electrons. The third kappa shape index (κ3) is 4.75. The second kappa shape index (κ2) is 9.82. The number of amides is 1. The minimum Gasteiger partial charge on any atom is -0.451 e. The SMILES string of the molecule is CC1=C(C(=O)NCCCN2CCC(N3CCCCC3)CC2)C2(CCCCC2)OC1=O. The van der Waals surface area contributed by atoms with Gasteiger partial charge in [-0.2, -0.15) is 0 Å². The van der Waals surface area contributed by atoms with Crippen molar-refractivity contribution in [3.8, 4) is 0 Å². The second-order valence-electron chi connectivity index (χ2n) is 9.72. The van der Waals surface area contributed by atoms with Crippen LogP contribution in [0.2, 0.25) is 0 Å². The number of carbonyl (C=O) groups is 2. The van der Waals surface area contributed by atoms with Crippen molar-refractivity contribution in [2.75, 3.05) is 39.3 Å². The van der Waals surface area contributed by atoms with Gasteiger partial charge in [-0.25, -0.2) is 4.79 Å². The van der Waals surface area contributed by atoms with Gasteiger partial charge < -0.3 is 19.9 Å². The number of hydrogen-bond acceptors (Lipinski definition) is 5. The molecular weight excluding hydrogens is 378 g/mol. The Morgan fingerprint density at radius 1 is 1.03 bits per heavy atom. The largest absolute Gasteiger partial charge is 0.451 e. The van der Waals surface area contributed by atoms with Gasteiger partial charge in [0.05, 0.1) is 5.57 Å². The van der Waals surface area contributed by atoms with Crippen LogP contribution in [0.3, 0.4) is 0 Å². The number of piperidine rings is 2. The molecule has 6 nitrogen and oxygen atoms in total. The molecule has 1 saturated carbocycles. The van der Waals surface area contributed by atoms with Gasteiger partial charge in [-0.05, 0) is 97.4 Å². The molecule has 1 aliphatic carbocycles. The first-order valence-corrected chi connectivity index (χ1v) is 12.3. The van der Waals surface area contributed by atoms with E-state index in [4.69, 9.17) is 4.74 Å². The molecule has 6 heteroatoms. The van der Waals surface area contributed by atoms with Crippen LogP contribution in [0.5, 0.6) is 0 Å². The molecule has 1 spiro atoms. The van der Waals surface area contributed by atoms with E-state index in [0.717, 1.165) is 51.1 Å². The third-order valence-corrected chi connectivity index (χ3v) is 7.71. The van der Waals surface area contributed by atoms with Gasteiger partial charge in [0.15, 0.2) is 0 Å². The zero-order valence-corrected chi connectivity index (χ0v) is 18.7. The van der Waals surface area contributed by atoms with Crippen LogP contribution in [0.1, 0.15) is 77.6 Å². The van der Waals surface area contributed by atoms with Crippen molar-refractivity contribution in [3.63, 3.8) is 0 Å². The van der Waals surface area contributed by atoms with E-state index in [1.165, 1.54) is 58.3 Å². The number of ether oxygens (including phenoxy) is 1. The summed E-state index contributed by atoms with van der Waals surface area (Å²) in [6, 6.07) is 0.780. The van der Waals surface area contributed by atoms with E-state index in [1.54, 1.807) is 6.92 Å². The topological polar surface area (TPSA) is 61.9 Å². The maximum Gasteiger partial charge on any atom is 0.335 e. The smallest absolute Gasteiger partial charge is 0.335 e. The Labute approximate surface area is 181 Å². The van der Waals surface area contributed by atoms with Crippen molar-refractivity contribution in [2.45, 2.75) is 89.2 Å². The quantitative estimate of drug-likeness (QED) is 0.532. The fourth-order valence-electron chi connectivity index (χ4n) is 5.99. The van der Waals surface area contributed by atoms with Crippen LogP contribution in [0.25, 0.3) is 0 Å². The van der Waals surface area contributed by atoms with Gasteiger partial charge >= 0.3 is 5.97 Å². The third-order valence-electron chi connectivity index (χ3n) is 7.71. The molecule has 0 aromatic carbocycles. The Morgan fingerprint density at radius 2 is 1.70 bits per heavy atom. The number of carbonyl (C=O) groups excluding carboxylic acids is 2. The van der Waals surface area contributed by atoms with Crippen LogP contribution in [0.15, 0.2) is 11.1 Å². The second-order valence-corrected chi connectivity index (χ2v) is 9.72. The van der Waals surface area contributed by atoms with Crippen molar-refractivity contribution < 1.29 is 14.3 Å². The van der Waals surface area contributed by atoms with Crippen molar-refractivity contribution >= 4 is 11.9 Å². The molecule has 0 aromatic heterocycles. The van der Waals surface area contributed by atoms with Crippen molar-refractivity contribution in [1.82, 2.24) is 15.1 Å². The highest BCUT2D eigenvalue weighted by Crippen LogP contribution is 2.43. The van der Waals surface area contributed by atoms with Gasteiger partial charge in [-0.15, -0.1) is 0 Å². The number of likely N-dealkylation sites (tertiary alicyclic amines) is 2. The molecule has 3 aliphatic heterocycles. The maximum atomic E-state index is 12.9. The van der Waals surface area contributed by atoms with Crippen LogP contribution >= 0.6 is 0 Å². The number of esters is 1. The highest BCUT2D eigenvalue weighted by atomic mass is 16.6. The fraction of sp³-hybridized carbons (Fsp3) is 0.833. The summed E-state index contributed by atoms with van der Waals surface area (Å²) in [6.45, 7) is 8.36. The Balaban J connectivity index is 1.19. The minimum atomic E-state index is -0.653. The van der Waals surface area contributed by atoms with Gasteiger partial charge in [-0.1, -0.05) is 12.8 Å². The lowest BCUT2D eigenvalue weighted by Crippen LogP contribution is -2.47. The van der Waals surface area contributed by atoms with Crippen LogP contribution in [0.4, 0.5) is 0 Å². The van der Waals surface area contributed by atoms with Crippen molar-refractivity contribution in [3.05, 3.63) is 11.1 Å². The fourth-order valence-corrected chi connectivity index (χ4v) is 5.99. The van der Waals surface area contributed by atoms with Crippen LogP contribution < -0.4 is 5.32 Å². The maximum absolute atomic E-state index is 12.9. The molecule has 0 aromatic rings. The summed E-state index contributed by atoms with van der Waals surface area (Å²) < 4.78 is 5.71. The van der Waals surface area contributed by atoms with E-state index in [0.29, 0.717) is 17.7 Å². The molecule has 3 heterocycles. The molecule has 30 heavy (non-hydrogen) atoms. The summed E-state index contributed by atoms with van der Waals surface area (Å²) in [4.78, 5) is 30.3. The van der Waals surface area contributed by atoms with E-state index in [2.05, 4.69) is 15.1 Å². The first kappa shape index (κ1) is 21.8. The summed E-state index contributed by atoms with van der Waals surface area (Å²) in [5.74, 6) is -0.400. The number of hydrogen-bond donors (Lipinski definition) is 1. The van der Waals surface area contributed by atoms with Crippen LogP contribution in [0, 0.1) is 0 Å². The lowest BCUT2D eigenvalue weighted by Gasteiger charge is -2.40. The summed E-state index contributed by atoms with van der Waals surface area (Å²) in [6.07, 6.45) is 12.4. The van der Waals surface area contributed by atoms with E-state index >= 15 is 0 Å². The summed E-state index contributed by atoms with van der Waals surface area (Å²) in [7, 11) is 0. The van der Waals surface area contributed by atoms with Crippen molar-refractivity contribution in [1.29, 1.82) is 0 Å². The number of rotatable bonds is 6. The first-order valence-electron chi connectivity index (χ1n) is 12.3. The average Bonchev–Trinajstić information content (AvgIpc) is 3.01. The molecule has 1 amide bonds. The van der Waals surface area contributed by atoms with E-state index in [9.17, 15) is 9.59 Å². The standard InChI is InChI=1S/C24H39N3O3/c1-19-21(24(30-23(19)29)11-4-2-5-12-24)22(28)25-13-8-14-26-17-9-20(10-18-26)27-15-6-3-7-16-27/h20H,2-18H2,1H3,(H,25,28). The molecule has 0 radical (unpaired) electrons. The average molecular weight is 418 g/mol. The Kier molecular flexibility index (Phi) is 7.14. The van der Waals surface area contributed by atoms with Crippen LogP contribution in [-0.2, 0) is 14.3 Å². The van der Waals surface area contributed by atoms with Gasteiger partial charge in [0.2, 0.25) is 0 Å². The Bertz CT molecular complexity index is 655. The molecule has 0 unspecified atom stereocenters. The van der Waals surface area contributed by atoms with Gasteiger partial charge in [-0.3, -0.25) is 4.79 Å². The number of nitrogens with one attached hydrogen (secondary N) is 1. The molecule has 0 atom stereocenters. The summed E-state index contributed by atoms with van der Waals surface area (Å²) >= 11 is 0. The highest BCUT2D eigenvalue weighted by Gasteiger charge is 2.49. The first-order chi connectivity index (χ1) is 14.6. The van der Waals surface area contributed by atoms with E-state index in [1.807, 2.05) is 0 Å². The number of nitrogens with zero attached hydrogens (tertiary/aromatic N) is 2. The molecule has 3 fully saturated rings. The minimum absolute atomic E-state index is 0.0935. The molecular formula is C24H39N3O3. The summed E-state index contributed by atoms with van der Waals surface area (Å²) in [5, 5.41) is 3.08. The molecule has 2 saturated heterocycles. The van der Waals surface area contributed by atoms with Gasteiger partial charge in [0.25, 0.3) is 5.91 Å². The Hall–Kier alpha value is -1.40. The normalized spacial score (nSPS) is 26.2. The molecule has 0 bridgehead atoms. The predicted octanol–water partition coefficient (Wildman–Crippen LogP) is 3.02. The van der Waals surface area contributed by atoms with Gasteiger partial charge in [0.1, 0.15) is 5.60 Å². The van der Waals surface area contributed by atoms with E-state index < -0.39 is 5.60 Å². The Morgan fingerprint density at radius 3 is 2.40 bits per heavy atom. The molecule has 1 N–H and O–H groups in total. The van der Waals surface area contributed by atoms with Gasteiger partial charge in [0, 0.05) is 18.2 Å². The van der Waals surface area contributed by atoms with Crippen LogP contribution in [-0.4, -0.2) is 72.6 Å². The predicted molar refractivity (Wildman–Crippen MR) is 117 cm³/mol. The summed E-state index contributed by atoms with van der Waals surface area (Å²) in [5.41, 5.74) is 0.462. The van der Waals surface area contributed by atoms with Crippen molar-refractivity contribution in [2.24, 2.45) is 0 Å². The zero-order chi connectivity index (χ0) is 21.0. The lowest BCUT2D eigenvalue weighted by atomic mass is 9.78. The lowest BCUT2D eigenvalue weighted by molar-refractivity contribution is -0.149. The monoisotopic (exact) mass is 417 g/mol. The molecule has 4 aliphatic rings. The zero-order valence-electron chi connectivity index (χ0n) is 18.7. The molecule has 4 rings (SSSR count).